The Labute approximate surface area is 241 Å². The van der Waals surface area contributed by atoms with Crippen LogP contribution in [0.1, 0.15) is 51.9 Å². The third kappa shape index (κ3) is 6.05. The molecule has 2 saturated carbocycles. The first-order valence-electron chi connectivity index (χ1n) is 14.4. The number of aliphatic hydroxyl groups excluding tert-OH is 1. The first kappa shape index (κ1) is 28.6. The van der Waals surface area contributed by atoms with Crippen LogP contribution < -0.4 is 10.6 Å². The summed E-state index contributed by atoms with van der Waals surface area (Å²) in [5, 5.41) is 27.6. The van der Waals surface area contributed by atoms with Crippen molar-refractivity contribution in [3.63, 3.8) is 0 Å². The van der Waals surface area contributed by atoms with Gasteiger partial charge in [-0.3, -0.25) is 14.4 Å². The highest BCUT2D eigenvalue weighted by Gasteiger charge is 2.55. The number of hydrogen-bond acceptors (Lipinski definition) is 5. The van der Waals surface area contributed by atoms with Gasteiger partial charge in [0.05, 0.1) is 6.04 Å². The molecule has 4 N–H and O–H groups in total. The number of ketones is 1. The lowest BCUT2D eigenvalue weighted by Crippen LogP contribution is -2.52. The fourth-order valence-electron chi connectivity index (χ4n) is 6.86. The zero-order valence-corrected chi connectivity index (χ0v) is 23.5. The molecule has 6 atom stereocenters. The fraction of sp³-hybridized carbons (Fsp3) is 0.382. The maximum absolute atomic E-state index is 14.0. The number of phenolic OH excluding ortho intramolecular Hbond substituents is 1. The highest BCUT2D eigenvalue weighted by Crippen LogP contribution is 2.53. The van der Waals surface area contributed by atoms with Crippen molar-refractivity contribution in [1.29, 1.82) is 0 Å². The van der Waals surface area contributed by atoms with E-state index in [1.54, 1.807) is 19.1 Å². The number of aromatic hydroxyl groups is 1. The van der Waals surface area contributed by atoms with E-state index in [0.717, 1.165) is 36.0 Å². The molecule has 3 aromatic carbocycles. The minimum atomic E-state index is -1.39. The third-order valence-electron chi connectivity index (χ3n) is 9.14. The van der Waals surface area contributed by atoms with Crippen LogP contribution in [0.4, 0.5) is 0 Å². The van der Waals surface area contributed by atoms with Crippen molar-refractivity contribution in [3.8, 4) is 5.75 Å². The molecule has 5 rings (SSSR count). The Hall–Kier alpha value is -3.97. The summed E-state index contributed by atoms with van der Waals surface area (Å²) >= 11 is 0. The summed E-state index contributed by atoms with van der Waals surface area (Å²) in [5.41, 5.74) is 3.64. The van der Waals surface area contributed by atoms with Crippen molar-refractivity contribution >= 4 is 17.6 Å². The molecule has 41 heavy (non-hydrogen) atoms. The number of carbonyl (C=O) groups excluding carboxylic acids is 3. The molecule has 2 fully saturated rings. The van der Waals surface area contributed by atoms with Crippen molar-refractivity contribution in [1.82, 2.24) is 10.6 Å². The van der Waals surface area contributed by atoms with E-state index in [4.69, 9.17) is 0 Å². The Balaban J connectivity index is 1.36. The Kier molecular flexibility index (Phi) is 8.54. The van der Waals surface area contributed by atoms with Gasteiger partial charge in [-0.25, -0.2) is 0 Å². The summed E-state index contributed by atoms with van der Waals surface area (Å²) in [6.07, 6.45) is 1.41. The standard InChI is InChI=1S/C34H38N2O5/c1-20-9-6-7-12-25(20)19-35-34(41)30-24-16-15-23(18-24)29(30)32(39)31(38)27(17-22-10-4-3-5-11-22)36-33(40)26-13-8-14-28(37)21(26)2/h3-14,23-24,27,29-30,32,37,39H,15-19H2,1-2H3,(H,35,41)(H,36,40)/t23-,24-,27+,29?,30-,32?/m1/s1. The van der Waals surface area contributed by atoms with Gasteiger partial charge in [-0.15, -0.1) is 0 Å². The molecule has 2 bridgehead atoms. The molecule has 214 valence electrons. The number of aryl methyl sites for hydroxylation is 1. The van der Waals surface area contributed by atoms with Gasteiger partial charge in [0.1, 0.15) is 11.9 Å². The van der Waals surface area contributed by atoms with Crippen molar-refractivity contribution in [2.75, 3.05) is 0 Å². The molecule has 3 aromatic rings. The Bertz CT molecular complexity index is 1420. The van der Waals surface area contributed by atoms with E-state index in [1.807, 2.05) is 61.5 Å². The molecule has 7 nitrogen and oxygen atoms in total. The van der Waals surface area contributed by atoms with Crippen LogP contribution in [-0.4, -0.2) is 40.0 Å². The first-order chi connectivity index (χ1) is 19.7. The van der Waals surface area contributed by atoms with Gasteiger partial charge in [-0.2, -0.15) is 0 Å². The van der Waals surface area contributed by atoms with Gasteiger partial charge in [-0.1, -0.05) is 60.7 Å². The highest BCUT2D eigenvalue weighted by molar-refractivity contribution is 6.00. The van der Waals surface area contributed by atoms with Crippen molar-refractivity contribution in [3.05, 3.63) is 101 Å². The topological polar surface area (TPSA) is 116 Å². The average Bonchev–Trinajstić information content (AvgIpc) is 3.60. The van der Waals surface area contributed by atoms with Crippen LogP contribution in [0.3, 0.4) is 0 Å². The molecule has 0 saturated heterocycles. The second-order valence-corrected chi connectivity index (χ2v) is 11.6. The molecule has 0 spiro atoms. The number of nitrogens with one attached hydrogen (secondary N) is 2. The zero-order chi connectivity index (χ0) is 29.1. The number of rotatable bonds is 10. The van der Waals surface area contributed by atoms with Crippen molar-refractivity contribution in [2.45, 2.75) is 58.2 Å². The van der Waals surface area contributed by atoms with Gasteiger partial charge >= 0.3 is 0 Å². The van der Waals surface area contributed by atoms with Gasteiger partial charge in [0, 0.05) is 29.5 Å². The van der Waals surface area contributed by atoms with Crippen LogP contribution in [0.2, 0.25) is 0 Å². The SMILES string of the molecule is Cc1ccccc1CNC(=O)[C@H]1C(C(O)C(=O)[C@H](Cc2ccccc2)NC(=O)c2cccc(O)c2C)[C@@H]2CC[C@@H]1C2. The number of hydrogen-bond donors (Lipinski definition) is 4. The summed E-state index contributed by atoms with van der Waals surface area (Å²) in [6, 6.07) is 20.9. The maximum Gasteiger partial charge on any atom is 0.252 e. The fourth-order valence-corrected chi connectivity index (χ4v) is 6.86. The monoisotopic (exact) mass is 554 g/mol. The molecule has 0 heterocycles. The minimum Gasteiger partial charge on any atom is -0.508 e. The second kappa shape index (κ2) is 12.3. The lowest BCUT2D eigenvalue weighted by atomic mass is 9.73. The van der Waals surface area contributed by atoms with Crippen LogP contribution >= 0.6 is 0 Å². The number of amides is 2. The summed E-state index contributed by atoms with van der Waals surface area (Å²) in [7, 11) is 0. The predicted molar refractivity (Wildman–Crippen MR) is 156 cm³/mol. The van der Waals surface area contributed by atoms with Crippen molar-refractivity contribution < 1.29 is 24.6 Å². The van der Waals surface area contributed by atoms with E-state index in [-0.39, 0.29) is 35.5 Å². The number of aliphatic hydroxyl groups is 1. The van der Waals surface area contributed by atoms with E-state index in [2.05, 4.69) is 10.6 Å². The zero-order valence-electron chi connectivity index (χ0n) is 23.5. The summed E-state index contributed by atoms with van der Waals surface area (Å²) in [5.74, 6) is -1.89. The van der Waals surface area contributed by atoms with Gasteiger partial charge in [0.15, 0.2) is 5.78 Å². The second-order valence-electron chi connectivity index (χ2n) is 11.6. The number of carbonyl (C=O) groups is 3. The number of fused-ring (bicyclic) bond motifs is 2. The Morgan fingerprint density at radius 1 is 0.902 bits per heavy atom. The van der Waals surface area contributed by atoms with E-state index >= 15 is 0 Å². The summed E-state index contributed by atoms with van der Waals surface area (Å²) in [6.45, 7) is 4.04. The molecule has 2 aliphatic carbocycles. The summed E-state index contributed by atoms with van der Waals surface area (Å²) in [4.78, 5) is 40.8. The van der Waals surface area contributed by atoms with Crippen LogP contribution in [0, 0.1) is 37.5 Å². The number of phenols is 1. The van der Waals surface area contributed by atoms with E-state index < -0.39 is 35.7 Å². The lowest BCUT2D eigenvalue weighted by molar-refractivity contribution is -0.139. The van der Waals surface area contributed by atoms with E-state index in [0.29, 0.717) is 12.1 Å². The van der Waals surface area contributed by atoms with Gasteiger partial charge < -0.3 is 20.8 Å². The molecule has 2 unspecified atom stereocenters. The predicted octanol–water partition coefficient (Wildman–Crippen LogP) is 4.26. The van der Waals surface area contributed by atoms with E-state index in [1.165, 1.54) is 6.07 Å². The first-order valence-corrected chi connectivity index (χ1v) is 14.4. The minimum absolute atomic E-state index is 0.00912. The molecular formula is C34H38N2O5. The van der Waals surface area contributed by atoms with Gasteiger partial charge in [-0.05, 0) is 80.2 Å². The number of benzene rings is 3. The molecule has 2 amide bonds. The van der Waals surface area contributed by atoms with Crippen LogP contribution in [-0.2, 0) is 22.6 Å². The summed E-state index contributed by atoms with van der Waals surface area (Å²) < 4.78 is 0. The average molecular weight is 555 g/mol. The maximum atomic E-state index is 14.0. The largest absolute Gasteiger partial charge is 0.508 e. The van der Waals surface area contributed by atoms with Crippen molar-refractivity contribution in [2.24, 2.45) is 23.7 Å². The van der Waals surface area contributed by atoms with Crippen LogP contribution in [0.25, 0.3) is 0 Å². The Morgan fingerprint density at radius 2 is 1.61 bits per heavy atom. The molecule has 0 aromatic heterocycles. The molecule has 7 heteroatoms. The van der Waals surface area contributed by atoms with Crippen LogP contribution in [0.15, 0.2) is 72.8 Å². The third-order valence-corrected chi connectivity index (χ3v) is 9.14. The van der Waals surface area contributed by atoms with E-state index in [9.17, 15) is 24.6 Å². The molecular weight excluding hydrogens is 516 g/mol. The Morgan fingerprint density at radius 3 is 2.37 bits per heavy atom. The normalized spacial score (nSPS) is 22.6. The van der Waals surface area contributed by atoms with Gasteiger partial charge in [0.2, 0.25) is 5.91 Å². The smallest absolute Gasteiger partial charge is 0.252 e. The van der Waals surface area contributed by atoms with Crippen LogP contribution in [0.5, 0.6) is 5.75 Å². The molecule has 0 radical (unpaired) electrons. The lowest BCUT2D eigenvalue weighted by Gasteiger charge is -2.34. The quantitative estimate of drug-likeness (QED) is 0.299. The highest BCUT2D eigenvalue weighted by atomic mass is 16.3. The molecule has 2 aliphatic rings. The number of Topliss-reactive ketones (excluding diaryl/α,β-unsaturated/α-hetero) is 1. The molecule has 0 aliphatic heterocycles. The van der Waals surface area contributed by atoms with Gasteiger partial charge in [0.25, 0.3) is 5.91 Å².